The monoisotopic (exact) mass is 286 g/mol. The molecular weight excluding hydrogens is 274 g/mol. The molecule has 1 aromatic carbocycles. The van der Waals surface area contributed by atoms with Crippen molar-refractivity contribution in [3.8, 4) is 0 Å². The second-order valence-corrected chi connectivity index (χ2v) is 4.55. The van der Waals surface area contributed by atoms with Gasteiger partial charge in [-0.2, -0.15) is 0 Å². The van der Waals surface area contributed by atoms with Gasteiger partial charge in [0.05, 0.1) is 5.52 Å². The van der Waals surface area contributed by atoms with Gasteiger partial charge in [0, 0.05) is 29.7 Å². The third-order valence-corrected chi connectivity index (χ3v) is 3.09. The molecule has 2 aromatic rings. The lowest BCUT2D eigenvalue weighted by Crippen LogP contribution is -2.31. The number of aromatic nitrogens is 1. The number of fused-ring (bicyclic) bond motifs is 1. The molecule has 0 saturated heterocycles. The van der Waals surface area contributed by atoms with Gasteiger partial charge in [-0.05, 0) is 23.8 Å². The highest BCUT2D eigenvalue weighted by molar-refractivity contribution is 6.35. The van der Waals surface area contributed by atoms with Crippen LogP contribution in [0.4, 0.5) is 8.78 Å². The molecular formula is C13H13ClF2N2O. The number of alkyl halides is 2. The third kappa shape index (κ3) is 3.37. The maximum atomic E-state index is 12.1. The molecule has 3 nitrogen and oxygen atoms in total. The highest BCUT2D eigenvalue weighted by Crippen LogP contribution is 2.24. The number of nitrogens with zero attached hydrogens (tertiary/aromatic N) is 1. The molecule has 0 spiro atoms. The highest BCUT2D eigenvalue weighted by atomic mass is 35.5. The maximum absolute atomic E-state index is 12.1. The molecule has 0 aliphatic carbocycles. The lowest BCUT2D eigenvalue weighted by Gasteiger charge is -2.12. The predicted octanol–water partition coefficient (Wildman–Crippen LogP) is 2.60. The summed E-state index contributed by atoms with van der Waals surface area (Å²) in [5, 5.41) is 13.2. The Morgan fingerprint density at radius 1 is 1.32 bits per heavy atom. The number of halogens is 3. The quantitative estimate of drug-likeness (QED) is 0.888. The fraction of sp³-hybridized carbons (Fsp3) is 0.308. The molecule has 0 fully saturated rings. The average molecular weight is 287 g/mol. The van der Waals surface area contributed by atoms with Gasteiger partial charge in [-0.3, -0.25) is 4.98 Å². The minimum atomic E-state index is -2.74. The van der Waals surface area contributed by atoms with Crippen LogP contribution in [-0.4, -0.2) is 29.2 Å². The first kappa shape index (κ1) is 14.1. The molecule has 102 valence electrons. The number of aliphatic hydroxyl groups is 1. The van der Waals surface area contributed by atoms with Crippen molar-refractivity contribution >= 4 is 22.5 Å². The van der Waals surface area contributed by atoms with E-state index >= 15 is 0 Å². The first-order chi connectivity index (χ1) is 9.09. The molecule has 1 heterocycles. The van der Waals surface area contributed by atoms with Crippen molar-refractivity contribution in [3.05, 3.63) is 41.0 Å². The molecule has 0 aliphatic rings. The Morgan fingerprint density at radius 3 is 2.84 bits per heavy atom. The Balaban J connectivity index is 2.11. The van der Waals surface area contributed by atoms with E-state index in [1.54, 1.807) is 24.4 Å². The number of nitrogens with one attached hydrogen (secondary N) is 1. The molecule has 6 heteroatoms. The number of benzene rings is 1. The van der Waals surface area contributed by atoms with Crippen LogP contribution in [-0.2, 0) is 6.54 Å². The second-order valence-electron chi connectivity index (χ2n) is 4.14. The molecule has 0 saturated carbocycles. The van der Waals surface area contributed by atoms with Gasteiger partial charge < -0.3 is 10.4 Å². The van der Waals surface area contributed by atoms with Crippen molar-refractivity contribution in [2.24, 2.45) is 0 Å². The molecule has 2 rings (SSSR count). The third-order valence-electron chi connectivity index (χ3n) is 2.76. The lowest BCUT2D eigenvalue weighted by atomic mass is 10.1. The van der Waals surface area contributed by atoms with Gasteiger partial charge in [-0.15, -0.1) is 0 Å². The summed E-state index contributed by atoms with van der Waals surface area (Å²) in [4.78, 5) is 4.24. The number of rotatable bonds is 5. The summed E-state index contributed by atoms with van der Waals surface area (Å²) in [5.74, 6) is 0. The summed E-state index contributed by atoms with van der Waals surface area (Å²) in [6.45, 7) is 0.170. The lowest BCUT2D eigenvalue weighted by molar-refractivity contribution is -0.00339. The summed E-state index contributed by atoms with van der Waals surface area (Å²) in [5.41, 5.74) is 1.58. The Kier molecular flexibility index (Phi) is 4.63. The van der Waals surface area contributed by atoms with E-state index in [-0.39, 0.29) is 6.54 Å². The van der Waals surface area contributed by atoms with Crippen molar-refractivity contribution in [1.29, 1.82) is 0 Å². The highest BCUT2D eigenvalue weighted by Gasteiger charge is 2.16. The van der Waals surface area contributed by atoms with Gasteiger partial charge in [0.25, 0.3) is 6.43 Å². The molecule has 1 atom stereocenters. The van der Waals surface area contributed by atoms with Crippen molar-refractivity contribution in [2.45, 2.75) is 19.1 Å². The van der Waals surface area contributed by atoms with Crippen LogP contribution >= 0.6 is 11.6 Å². The Hall–Kier alpha value is -1.30. The first-order valence-corrected chi connectivity index (χ1v) is 6.16. The van der Waals surface area contributed by atoms with E-state index in [9.17, 15) is 8.78 Å². The minimum absolute atomic E-state index is 0.172. The summed E-state index contributed by atoms with van der Waals surface area (Å²) in [6.07, 6.45) is -2.75. The van der Waals surface area contributed by atoms with Gasteiger partial charge >= 0.3 is 0 Å². The topological polar surface area (TPSA) is 45.1 Å². The number of aliphatic hydroxyl groups excluding tert-OH is 1. The molecule has 1 aromatic heterocycles. The number of hydrogen-bond acceptors (Lipinski definition) is 3. The molecule has 2 N–H and O–H groups in total. The molecule has 0 bridgehead atoms. The Bertz CT molecular complexity index is 565. The van der Waals surface area contributed by atoms with Gasteiger partial charge in [0.15, 0.2) is 0 Å². The molecule has 19 heavy (non-hydrogen) atoms. The SMILES string of the molecule is OC(CNCc1ccc(Cl)c2cccnc12)C(F)F. The Morgan fingerprint density at radius 2 is 2.11 bits per heavy atom. The summed E-state index contributed by atoms with van der Waals surface area (Å²) >= 11 is 6.06. The zero-order chi connectivity index (χ0) is 13.8. The zero-order valence-corrected chi connectivity index (χ0v) is 10.7. The van der Waals surface area contributed by atoms with Crippen molar-refractivity contribution in [2.75, 3.05) is 6.54 Å². The summed E-state index contributed by atoms with van der Waals surface area (Å²) in [6, 6.07) is 7.17. The van der Waals surface area contributed by atoms with Crippen molar-refractivity contribution in [3.63, 3.8) is 0 Å². The van der Waals surface area contributed by atoms with E-state index in [0.29, 0.717) is 11.6 Å². The van der Waals surface area contributed by atoms with Gasteiger partial charge in [0.1, 0.15) is 6.10 Å². The van der Waals surface area contributed by atoms with Crippen molar-refractivity contribution in [1.82, 2.24) is 10.3 Å². The van der Waals surface area contributed by atoms with Crippen LogP contribution in [0.3, 0.4) is 0 Å². The predicted molar refractivity (Wildman–Crippen MR) is 70.5 cm³/mol. The normalized spacial score (nSPS) is 13.1. The van der Waals surface area contributed by atoms with E-state index in [0.717, 1.165) is 16.5 Å². The molecule has 1 unspecified atom stereocenters. The maximum Gasteiger partial charge on any atom is 0.265 e. The van der Waals surface area contributed by atoms with Gasteiger partial charge in [-0.25, -0.2) is 8.78 Å². The van der Waals surface area contributed by atoms with Crippen LogP contribution in [0.1, 0.15) is 5.56 Å². The molecule has 0 amide bonds. The van der Waals surface area contributed by atoms with Crippen LogP contribution in [0.25, 0.3) is 10.9 Å². The van der Waals surface area contributed by atoms with E-state index in [2.05, 4.69) is 10.3 Å². The van der Waals surface area contributed by atoms with Crippen molar-refractivity contribution < 1.29 is 13.9 Å². The smallest absolute Gasteiger partial charge is 0.265 e. The van der Waals surface area contributed by atoms with Crippen LogP contribution in [0.5, 0.6) is 0 Å². The molecule has 0 radical (unpaired) electrons. The first-order valence-electron chi connectivity index (χ1n) is 5.78. The number of hydrogen-bond donors (Lipinski definition) is 2. The van der Waals surface area contributed by atoms with Crippen LogP contribution in [0.15, 0.2) is 30.5 Å². The summed E-state index contributed by atoms with van der Waals surface area (Å²) in [7, 11) is 0. The zero-order valence-electron chi connectivity index (χ0n) is 9.98. The van der Waals surface area contributed by atoms with E-state index in [1.807, 2.05) is 6.07 Å². The average Bonchev–Trinajstić information content (AvgIpc) is 2.41. The van der Waals surface area contributed by atoms with Crippen LogP contribution in [0, 0.1) is 0 Å². The number of pyridine rings is 1. The van der Waals surface area contributed by atoms with E-state index in [4.69, 9.17) is 16.7 Å². The standard InChI is InChI=1S/C13H13ClF2N2O/c14-10-4-3-8(6-17-7-11(19)13(15)16)12-9(10)2-1-5-18-12/h1-5,11,13,17,19H,6-7H2. The fourth-order valence-electron chi connectivity index (χ4n) is 1.78. The van der Waals surface area contributed by atoms with E-state index < -0.39 is 12.5 Å². The molecule has 0 aliphatic heterocycles. The second kappa shape index (κ2) is 6.23. The largest absolute Gasteiger partial charge is 0.386 e. The van der Waals surface area contributed by atoms with Crippen LogP contribution in [0.2, 0.25) is 5.02 Å². The Labute approximate surface area is 114 Å². The fourth-order valence-corrected chi connectivity index (χ4v) is 2.00. The van der Waals surface area contributed by atoms with Gasteiger partial charge in [0.2, 0.25) is 0 Å². The van der Waals surface area contributed by atoms with Crippen LogP contribution < -0.4 is 5.32 Å². The van der Waals surface area contributed by atoms with Gasteiger partial charge in [-0.1, -0.05) is 17.7 Å². The summed E-state index contributed by atoms with van der Waals surface area (Å²) < 4.78 is 24.3. The van der Waals surface area contributed by atoms with E-state index in [1.165, 1.54) is 0 Å². The minimum Gasteiger partial charge on any atom is -0.386 e.